The summed E-state index contributed by atoms with van der Waals surface area (Å²) in [5, 5.41) is 11.5. The molecule has 0 amide bonds. The third-order valence-electron chi connectivity index (χ3n) is 5.52. The average Bonchev–Trinajstić information content (AvgIpc) is 2.51. The van der Waals surface area contributed by atoms with Gasteiger partial charge in [0.15, 0.2) is 0 Å². The highest BCUT2D eigenvalue weighted by atomic mass is 32.2. The fourth-order valence-corrected chi connectivity index (χ4v) is 5.12. The van der Waals surface area contributed by atoms with E-state index in [4.69, 9.17) is 0 Å². The van der Waals surface area contributed by atoms with Crippen LogP contribution in [0.1, 0.15) is 102 Å². The summed E-state index contributed by atoms with van der Waals surface area (Å²) in [4.78, 5) is 0. The van der Waals surface area contributed by atoms with Crippen molar-refractivity contribution in [3.05, 3.63) is 28.8 Å². The van der Waals surface area contributed by atoms with Gasteiger partial charge >= 0.3 is 0 Å². The minimum atomic E-state index is 0.368. The fraction of sp³-hybridized carbons (Fsp3) is 0.727. The molecule has 1 aromatic carbocycles. The third-order valence-corrected chi connectivity index (χ3v) is 7.12. The van der Waals surface area contributed by atoms with Crippen LogP contribution in [0, 0.1) is 5.92 Å². The van der Waals surface area contributed by atoms with Crippen molar-refractivity contribution in [2.45, 2.75) is 96.0 Å². The van der Waals surface area contributed by atoms with Gasteiger partial charge in [0.2, 0.25) is 0 Å². The van der Waals surface area contributed by atoms with Crippen molar-refractivity contribution in [3.63, 3.8) is 0 Å². The van der Waals surface area contributed by atoms with E-state index in [1.54, 1.807) is 0 Å². The summed E-state index contributed by atoms with van der Waals surface area (Å²) in [7, 11) is 0. The Hall–Kier alpha value is -0.630. The second-order valence-corrected chi connectivity index (χ2v) is 9.47. The van der Waals surface area contributed by atoms with E-state index in [0.717, 1.165) is 28.0 Å². The van der Waals surface area contributed by atoms with Gasteiger partial charge in [0.25, 0.3) is 0 Å². The quantitative estimate of drug-likeness (QED) is 0.605. The summed E-state index contributed by atoms with van der Waals surface area (Å²) in [5.74, 6) is 3.16. The van der Waals surface area contributed by atoms with Crippen molar-refractivity contribution < 1.29 is 5.11 Å². The SMILES string of the molecule is CC(C)c1cc(CSC2CCCCCC[C@@H]2C)c(O)c(C(C)C)c1. The molecule has 0 aromatic heterocycles. The molecular formula is C22H36OS. The summed E-state index contributed by atoms with van der Waals surface area (Å²) in [5.41, 5.74) is 3.62. The molecule has 1 unspecified atom stereocenters. The summed E-state index contributed by atoms with van der Waals surface area (Å²) in [6.07, 6.45) is 8.29. The van der Waals surface area contributed by atoms with E-state index in [-0.39, 0.29) is 0 Å². The lowest BCUT2D eigenvalue weighted by atomic mass is 9.92. The highest BCUT2D eigenvalue weighted by molar-refractivity contribution is 7.99. The Labute approximate surface area is 153 Å². The van der Waals surface area contributed by atoms with E-state index in [0.29, 0.717) is 17.6 Å². The minimum absolute atomic E-state index is 0.368. The van der Waals surface area contributed by atoms with Gasteiger partial charge in [-0.05, 0) is 41.7 Å². The maximum absolute atomic E-state index is 10.7. The van der Waals surface area contributed by atoms with Crippen molar-refractivity contribution in [2.24, 2.45) is 5.92 Å². The second kappa shape index (κ2) is 9.17. The third kappa shape index (κ3) is 5.18. The maximum Gasteiger partial charge on any atom is 0.123 e. The zero-order valence-electron chi connectivity index (χ0n) is 16.3. The molecule has 0 aliphatic heterocycles. The van der Waals surface area contributed by atoms with Crippen LogP contribution in [0.2, 0.25) is 0 Å². The molecule has 0 saturated heterocycles. The molecule has 0 radical (unpaired) electrons. The standard InChI is InChI=1S/C22H36OS/c1-15(2)18-12-19(22(23)20(13-18)16(3)4)14-24-21-11-9-7-6-8-10-17(21)5/h12-13,15-17,21,23H,6-11,14H2,1-5H3/t17-,21?/m0/s1. The molecule has 24 heavy (non-hydrogen) atoms. The van der Waals surface area contributed by atoms with Crippen LogP contribution < -0.4 is 0 Å². The molecule has 1 aliphatic rings. The van der Waals surface area contributed by atoms with Gasteiger partial charge in [-0.3, -0.25) is 0 Å². The predicted molar refractivity (Wildman–Crippen MR) is 108 cm³/mol. The Kier molecular flexibility index (Phi) is 7.53. The fourth-order valence-electron chi connectivity index (χ4n) is 3.71. The van der Waals surface area contributed by atoms with E-state index in [2.05, 4.69) is 58.5 Å². The lowest BCUT2D eigenvalue weighted by molar-refractivity contribution is 0.414. The normalized spacial score (nSPS) is 22.6. The topological polar surface area (TPSA) is 20.2 Å². The zero-order valence-corrected chi connectivity index (χ0v) is 17.1. The molecule has 1 aromatic rings. The number of hydrogen-bond donors (Lipinski definition) is 1. The van der Waals surface area contributed by atoms with Crippen molar-refractivity contribution in [1.82, 2.24) is 0 Å². The van der Waals surface area contributed by atoms with Crippen LogP contribution in [-0.4, -0.2) is 10.4 Å². The first-order valence-electron chi connectivity index (χ1n) is 9.87. The molecule has 1 N–H and O–H groups in total. The monoisotopic (exact) mass is 348 g/mol. The zero-order chi connectivity index (χ0) is 17.7. The Morgan fingerprint density at radius 3 is 2.29 bits per heavy atom. The Bertz CT molecular complexity index is 521. The Balaban J connectivity index is 2.15. The van der Waals surface area contributed by atoms with Crippen molar-refractivity contribution in [3.8, 4) is 5.75 Å². The van der Waals surface area contributed by atoms with Crippen LogP contribution in [0.25, 0.3) is 0 Å². The molecule has 2 heteroatoms. The average molecular weight is 349 g/mol. The van der Waals surface area contributed by atoms with E-state index in [1.165, 1.54) is 44.1 Å². The van der Waals surface area contributed by atoms with Crippen LogP contribution in [0.15, 0.2) is 12.1 Å². The number of thioether (sulfide) groups is 1. The molecule has 1 aliphatic carbocycles. The van der Waals surface area contributed by atoms with E-state index < -0.39 is 0 Å². The number of hydrogen-bond acceptors (Lipinski definition) is 2. The first-order chi connectivity index (χ1) is 11.4. The summed E-state index contributed by atoms with van der Waals surface area (Å²) in [6.45, 7) is 11.3. The van der Waals surface area contributed by atoms with Gasteiger partial charge in [-0.1, -0.05) is 72.4 Å². The van der Waals surface area contributed by atoms with Crippen molar-refractivity contribution in [1.29, 1.82) is 0 Å². The van der Waals surface area contributed by atoms with Gasteiger partial charge in [-0.15, -0.1) is 0 Å². The van der Waals surface area contributed by atoms with Crippen LogP contribution >= 0.6 is 11.8 Å². The molecule has 2 atom stereocenters. The van der Waals surface area contributed by atoms with Gasteiger partial charge in [0, 0.05) is 16.6 Å². The molecule has 2 rings (SSSR count). The van der Waals surface area contributed by atoms with Gasteiger partial charge < -0.3 is 5.11 Å². The molecular weight excluding hydrogens is 312 g/mol. The van der Waals surface area contributed by atoms with Crippen molar-refractivity contribution in [2.75, 3.05) is 0 Å². The van der Waals surface area contributed by atoms with E-state index in [1.807, 2.05) is 0 Å². The lowest BCUT2D eigenvalue weighted by Gasteiger charge is -2.26. The molecule has 0 bridgehead atoms. The van der Waals surface area contributed by atoms with E-state index in [9.17, 15) is 5.11 Å². The molecule has 0 spiro atoms. The van der Waals surface area contributed by atoms with Gasteiger partial charge in [0.1, 0.15) is 5.75 Å². The Morgan fingerprint density at radius 1 is 1.00 bits per heavy atom. The maximum atomic E-state index is 10.7. The first kappa shape index (κ1) is 19.7. The predicted octanol–water partition coefficient (Wildman–Crippen LogP) is 7.23. The second-order valence-electron chi connectivity index (χ2n) is 8.25. The number of phenolic OH excluding ortho intramolecular Hbond substituents is 1. The molecule has 1 fully saturated rings. The number of rotatable bonds is 5. The Morgan fingerprint density at radius 2 is 1.67 bits per heavy atom. The van der Waals surface area contributed by atoms with Crippen LogP contribution in [0.3, 0.4) is 0 Å². The minimum Gasteiger partial charge on any atom is -0.507 e. The van der Waals surface area contributed by atoms with Crippen LogP contribution in [0.5, 0.6) is 5.75 Å². The van der Waals surface area contributed by atoms with Gasteiger partial charge in [-0.2, -0.15) is 11.8 Å². The first-order valence-corrected chi connectivity index (χ1v) is 10.9. The molecule has 0 heterocycles. The van der Waals surface area contributed by atoms with Gasteiger partial charge in [-0.25, -0.2) is 0 Å². The van der Waals surface area contributed by atoms with Crippen LogP contribution in [0.4, 0.5) is 0 Å². The lowest BCUT2D eigenvalue weighted by Crippen LogP contribution is -2.16. The summed E-state index contributed by atoms with van der Waals surface area (Å²) < 4.78 is 0. The number of aromatic hydroxyl groups is 1. The van der Waals surface area contributed by atoms with Gasteiger partial charge in [0.05, 0.1) is 0 Å². The molecule has 1 nitrogen and oxygen atoms in total. The highest BCUT2D eigenvalue weighted by Gasteiger charge is 2.21. The summed E-state index contributed by atoms with van der Waals surface area (Å²) in [6, 6.07) is 4.45. The number of phenols is 1. The molecule has 136 valence electrons. The largest absolute Gasteiger partial charge is 0.507 e. The van der Waals surface area contributed by atoms with E-state index >= 15 is 0 Å². The number of benzene rings is 1. The smallest absolute Gasteiger partial charge is 0.123 e. The molecule has 1 saturated carbocycles. The highest BCUT2D eigenvalue weighted by Crippen LogP contribution is 2.38. The van der Waals surface area contributed by atoms with Crippen molar-refractivity contribution >= 4 is 11.8 Å². The summed E-state index contributed by atoms with van der Waals surface area (Å²) >= 11 is 2.08. The van der Waals surface area contributed by atoms with Crippen LogP contribution in [-0.2, 0) is 5.75 Å².